The van der Waals surface area contributed by atoms with Gasteiger partial charge in [-0.3, -0.25) is 4.79 Å². The Morgan fingerprint density at radius 1 is 1.12 bits per heavy atom. The molecule has 0 atom stereocenters. The van der Waals surface area contributed by atoms with Crippen LogP contribution in [0.4, 0.5) is 0 Å². The van der Waals surface area contributed by atoms with Gasteiger partial charge in [-0.1, -0.05) is 24.8 Å². The Hall–Kier alpha value is -2.75. The van der Waals surface area contributed by atoms with Crippen LogP contribution in [-0.4, -0.2) is 26.2 Å². The summed E-state index contributed by atoms with van der Waals surface area (Å²) in [5.74, 6) is 1.44. The van der Waals surface area contributed by atoms with Crippen molar-refractivity contribution < 1.29 is 14.3 Å². The van der Waals surface area contributed by atoms with Gasteiger partial charge in [0.1, 0.15) is 18.1 Å². The van der Waals surface area contributed by atoms with Crippen molar-refractivity contribution in [2.45, 2.75) is 19.8 Å². The van der Waals surface area contributed by atoms with Crippen LogP contribution in [-0.2, 0) is 6.42 Å². The Bertz CT molecular complexity index is 707. The Kier molecular flexibility index (Phi) is 7.08. The summed E-state index contributed by atoms with van der Waals surface area (Å²) in [6.45, 7) is 6.78. The number of amides is 1. The normalized spacial score (nSPS) is 10.2. The molecule has 25 heavy (non-hydrogen) atoms. The average molecular weight is 339 g/mol. The zero-order valence-corrected chi connectivity index (χ0v) is 14.9. The molecule has 132 valence electrons. The molecule has 2 aromatic rings. The molecule has 2 aromatic carbocycles. The predicted octanol–water partition coefficient (Wildman–Crippen LogP) is 4.01. The molecule has 0 radical (unpaired) electrons. The highest BCUT2D eigenvalue weighted by atomic mass is 16.5. The molecule has 1 N–H and O–H groups in total. The Balaban J connectivity index is 1.77. The van der Waals surface area contributed by atoms with Crippen molar-refractivity contribution in [3.63, 3.8) is 0 Å². The van der Waals surface area contributed by atoms with Crippen LogP contribution < -0.4 is 14.8 Å². The Labute approximate surface area is 149 Å². The number of aryl methyl sites for hydroxylation is 1. The number of hydrogen-bond acceptors (Lipinski definition) is 3. The minimum Gasteiger partial charge on any atom is -0.497 e. The monoisotopic (exact) mass is 339 g/mol. The van der Waals surface area contributed by atoms with Crippen LogP contribution in [0.5, 0.6) is 11.5 Å². The minimum atomic E-state index is -0.0875. The average Bonchev–Trinajstić information content (AvgIpc) is 2.64. The maximum atomic E-state index is 12.2. The molecule has 0 spiro atoms. The van der Waals surface area contributed by atoms with E-state index in [2.05, 4.69) is 11.9 Å². The van der Waals surface area contributed by atoms with E-state index >= 15 is 0 Å². The van der Waals surface area contributed by atoms with E-state index in [0.29, 0.717) is 24.5 Å². The van der Waals surface area contributed by atoms with Crippen LogP contribution >= 0.6 is 0 Å². The van der Waals surface area contributed by atoms with Gasteiger partial charge in [-0.25, -0.2) is 0 Å². The summed E-state index contributed by atoms with van der Waals surface area (Å²) >= 11 is 0. The largest absolute Gasteiger partial charge is 0.497 e. The summed E-state index contributed by atoms with van der Waals surface area (Å²) in [5.41, 5.74) is 2.77. The fourth-order valence-electron chi connectivity index (χ4n) is 2.32. The molecule has 1 amide bonds. The maximum absolute atomic E-state index is 12.2. The third-order valence-corrected chi connectivity index (χ3v) is 3.67. The number of carbonyl (C=O) groups is 1. The maximum Gasteiger partial charge on any atom is 0.251 e. The lowest BCUT2D eigenvalue weighted by atomic mass is 10.1. The first-order valence-corrected chi connectivity index (χ1v) is 8.37. The van der Waals surface area contributed by atoms with Crippen molar-refractivity contribution in [2.75, 3.05) is 20.3 Å². The van der Waals surface area contributed by atoms with Gasteiger partial charge in [0, 0.05) is 12.1 Å². The summed E-state index contributed by atoms with van der Waals surface area (Å²) < 4.78 is 10.7. The highest BCUT2D eigenvalue weighted by molar-refractivity contribution is 5.94. The van der Waals surface area contributed by atoms with Gasteiger partial charge in [0.25, 0.3) is 5.91 Å². The molecule has 4 nitrogen and oxygen atoms in total. The number of benzene rings is 2. The first-order chi connectivity index (χ1) is 12.1. The standard InChI is InChI=1S/C21H25NO3/c1-16(2)15-25-20-8-4-7-18(14-20)21(23)22-13-5-6-17-9-11-19(24-3)12-10-17/h4,7-12,14H,1,5-6,13,15H2,2-3H3,(H,22,23). The molecule has 0 saturated heterocycles. The third-order valence-electron chi connectivity index (χ3n) is 3.67. The van der Waals surface area contributed by atoms with Crippen molar-refractivity contribution in [3.05, 3.63) is 71.8 Å². The second-order valence-corrected chi connectivity index (χ2v) is 5.98. The van der Waals surface area contributed by atoms with Crippen LogP contribution in [0.15, 0.2) is 60.7 Å². The molecule has 0 aliphatic rings. The molecule has 4 heteroatoms. The van der Waals surface area contributed by atoms with E-state index in [9.17, 15) is 4.79 Å². The minimum absolute atomic E-state index is 0.0875. The molecule has 0 saturated carbocycles. The van der Waals surface area contributed by atoms with Gasteiger partial charge < -0.3 is 14.8 Å². The Morgan fingerprint density at radius 2 is 1.88 bits per heavy atom. The highest BCUT2D eigenvalue weighted by Gasteiger charge is 2.06. The first kappa shape index (κ1) is 18.6. The van der Waals surface area contributed by atoms with Gasteiger partial charge in [-0.2, -0.15) is 0 Å². The summed E-state index contributed by atoms with van der Waals surface area (Å²) in [7, 11) is 1.66. The molecule has 0 aliphatic carbocycles. The molecule has 0 fully saturated rings. The third kappa shape index (κ3) is 6.34. The fraction of sp³-hybridized carbons (Fsp3) is 0.286. The van der Waals surface area contributed by atoms with Gasteiger partial charge in [0.2, 0.25) is 0 Å². The lowest BCUT2D eigenvalue weighted by molar-refractivity contribution is 0.0953. The smallest absolute Gasteiger partial charge is 0.251 e. The van der Waals surface area contributed by atoms with Crippen LogP contribution in [0.1, 0.15) is 29.3 Å². The van der Waals surface area contributed by atoms with Crippen molar-refractivity contribution in [1.82, 2.24) is 5.32 Å². The SMILES string of the molecule is C=C(C)COc1cccc(C(=O)NCCCc2ccc(OC)cc2)c1. The molecule has 0 aliphatic heterocycles. The molecular weight excluding hydrogens is 314 g/mol. The van der Waals surface area contributed by atoms with E-state index in [1.165, 1.54) is 5.56 Å². The van der Waals surface area contributed by atoms with E-state index in [1.807, 2.05) is 43.3 Å². The molecule has 0 aromatic heterocycles. The van der Waals surface area contributed by atoms with Crippen LogP contribution in [0.25, 0.3) is 0 Å². The molecule has 0 bridgehead atoms. The van der Waals surface area contributed by atoms with Gasteiger partial charge in [-0.15, -0.1) is 0 Å². The fourth-order valence-corrected chi connectivity index (χ4v) is 2.32. The van der Waals surface area contributed by atoms with Gasteiger partial charge in [-0.05, 0) is 61.2 Å². The molecule has 2 rings (SSSR count). The number of ether oxygens (including phenoxy) is 2. The highest BCUT2D eigenvalue weighted by Crippen LogP contribution is 2.14. The van der Waals surface area contributed by atoms with Crippen LogP contribution in [0.3, 0.4) is 0 Å². The van der Waals surface area contributed by atoms with E-state index in [1.54, 1.807) is 19.2 Å². The number of carbonyl (C=O) groups excluding carboxylic acids is 1. The zero-order valence-electron chi connectivity index (χ0n) is 14.9. The van der Waals surface area contributed by atoms with E-state index in [4.69, 9.17) is 9.47 Å². The van der Waals surface area contributed by atoms with E-state index < -0.39 is 0 Å². The van der Waals surface area contributed by atoms with Crippen molar-refractivity contribution in [2.24, 2.45) is 0 Å². The van der Waals surface area contributed by atoms with Gasteiger partial charge in [0.05, 0.1) is 7.11 Å². The summed E-state index contributed by atoms with van der Waals surface area (Å²) in [6.07, 6.45) is 1.79. The molecule has 0 heterocycles. The lowest BCUT2D eigenvalue weighted by Crippen LogP contribution is -2.24. The summed E-state index contributed by atoms with van der Waals surface area (Å²) in [6, 6.07) is 15.2. The predicted molar refractivity (Wildman–Crippen MR) is 100 cm³/mol. The van der Waals surface area contributed by atoms with E-state index in [0.717, 1.165) is 24.2 Å². The first-order valence-electron chi connectivity index (χ1n) is 8.37. The van der Waals surface area contributed by atoms with Gasteiger partial charge in [0.15, 0.2) is 0 Å². The quantitative estimate of drug-likeness (QED) is 0.555. The van der Waals surface area contributed by atoms with Crippen molar-refractivity contribution >= 4 is 5.91 Å². The molecular formula is C21H25NO3. The van der Waals surface area contributed by atoms with Crippen molar-refractivity contribution in [3.8, 4) is 11.5 Å². The van der Waals surface area contributed by atoms with Crippen molar-refractivity contribution in [1.29, 1.82) is 0 Å². The lowest BCUT2D eigenvalue weighted by Gasteiger charge is -2.09. The number of rotatable bonds is 9. The van der Waals surface area contributed by atoms with Gasteiger partial charge >= 0.3 is 0 Å². The zero-order chi connectivity index (χ0) is 18.1. The van der Waals surface area contributed by atoms with Crippen LogP contribution in [0, 0.1) is 0 Å². The second kappa shape index (κ2) is 9.52. The summed E-state index contributed by atoms with van der Waals surface area (Å²) in [5, 5.41) is 2.95. The Morgan fingerprint density at radius 3 is 2.56 bits per heavy atom. The second-order valence-electron chi connectivity index (χ2n) is 5.98. The topological polar surface area (TPSA) is 47.6 Å². The number of hydrogen-bond donors (Lipinski definition) is 1. The summed E-state index contributed by atoms with van der Waals surface area (Å²) in [4.78, 5) is 12.2. The van der Waals surface area contributed by atoms with Crippen LogP contribution in [0.2, 0.25) is 0 Å². The molecule has 0 unspecified atom stereocenters. The number of nitrogens with one attached hydrogen (secondary N) is 1. The van der Waals surface area contributed by atoms with E-state index in [-0.39, 0.29) is 5.91 Å². The number of methoxy groups -OCH3 is 1.